The summed E-state index contributed by atoms with van der Waals surface area (Å²) in [6, 6.07) is 1.54. The Kier molecular flexibility index (Phi) is 2.19. The lowest BCUT2D eigenvalue weighted by Crippen LogP contribution is -2.14. The van der Waals surface area contributed by atoms with Gasteiger partial charge in [0, 0.05) is 5.92 Å². The van der Waals surface area contributed by atoms with Gasteiger partial charge in [0.2, 0.25) is 5.91 Å². The van der Waals surface area contributed by atoms with E-state index in [-0.39, 0.29) is 17.6 Å². The number of aromatic nitrogens is 1. The molecule has 1 N–H and O–H groups in total. The molecule has 3 nitrogen and oxygen atoms in total. The van der Waals surface area contributed by atoms with Crippen LogP contribution in [0.4, 0.5) is 10.2 Å². The molecule has 1 heterocycles. The van der Waals surface area contributed by atoms with Gasteiger partial charge >= 0.3 is 0 Å². The topological polar surface area (TPSA) is 42.0 Å². The standard InChI is InChI=1S/C10H11FN2O/c1-6-4-9(12-5-8(6)11)13-10(14)7-2-3-7/h4-5,7H,2-3H2,1H3,(H,12,13,14). The molecule has 1 saturated carbocycles. The first-order valence-corrected chi connectivity index (χ1v) is 4.60. The third-order valence-corrected chi connectivity index (χ3v) is 2.25. The predicted molar refractivity (Wildman–Crippen MR) is 50.3 cm³/mol. The summed E-state index contributed by atoms with van der Waals surface area (Å²) in [5.41, 5.74) is 0.492. The van der Waals surface area contributed by atoms with E-state index in [2.05, 4.69) is 10.3 Å². The number of rotatable bonds is 2. The van der Waals surface area contributed by atoms with Crippen LogP contribution in [0.2, 0.25) is 0 Å². The van der Waals surface area contributed by atoms with Crippen LogP contribution in [0, 0.1) is 18.7 Å². The summed E-state index contributed by atoms with van der Waals surface area (Å²) in [6.45, 7) is 1.64. The van der Waals surface area contributed by atoms with Crippen LogP contribution in [0.15, 0.2) is 12.3 Å². The number of hydrogen-bond donors (Lipinski definition) is 1. The summed E-state index contributed by atoms with van der Waals surface area (Å²) < 4.78 is 12.8. The Labute approximate surface area is 81.3 Å². The van der Waals surface area contributed by atoms with Gasteiger partial charge in [-0.15, -0.1) is 0 Å². The molecule has 1 aromatic heterocycles. The molecule has 14 heavy (non-hydrogen) atoms. The molecule has 0 aliphatic heterocycles. The highest BCUT2D eigenvalue weighted by Gasteiger charge is 2.29. The maximum Gasteiger partial charge on any atom is 0.228 e. The second kappa shape index (κ2) is 3.36. The van der Waals surface area contributed by atoms with Crippen molar-refractivity contribution in [3.63, 3.8) is 0 Å². The average molecular weight is 194 g/mol. The molecule has 0 unspecified atom stereocenters. The monoisotopic (exact) mass is 194 g/mol. The van der Waals surface area contributed by atoms with Gasteiger partial charge in [-0.05, 0) is 31.4 Å². The van der Waals surface area contributed by atoms with E-state index in [1.54, 1.807) is 6.92 Å². The van der Waals surface area contributed by atoms with Gasteiger partial charge in [-0.25, -0.2) is 9.37 Å². The van der Waals surface area contributed by atoms with Gasteiger partial charge in [-0.3, -0.25) is 4.79 Å². The van der Waals surface area contributed by atoms with Crippen molar-refractivity contribution in [3.8, 4) is 0 Å². The minimum Gasteiger partial charge on any atom is -0.310 e. The Morgan fingerprint density at radius 3 is 2.93 bits per heavy atom. The maximum absolute atomic E-state index is 12.8. The zero-order valence-corrected chi connectivity index (χ0v) is 7.88. The van der Waals surface area contributed by atoms with Gasteiger partial charge in [0.1, 0.15) is 11.6 Å². The van der Waals surface area contributed by atoms with Crippen molar-refractivity contribution in [1.82, 2.24) is 4.98 Å². The van der Waals surface area contributed by atoms with Crippen molar-refractivity contribution in [1.29, 1.82) is 0 Å². The molecule has 1 fully saturated rings. The molecule has 1 aromatic rings. The Morgan fingerprint density at radius 2 is 2.36 bits per heavy atom. The van der Waals surface area contributed by atoms with Gasteiger partial charge in [-0.2, -0.15) is 0 Å². The number of carbonyl (C=O) groups excluding carboxylic acids is 1. The number of aryl methyl sites for hydroxylation is 1. The smallest absolute Gasteiger partial charge is 0.228 e. The van der Waals surface area contributed by atoms with Crippen LogP contribution in [-0.2, 0) is 4.79 Å². The maximum atomic E-state index is 12.8. The van der Waals surface area contributed by atoms with E-state index in [4.69, 9.17) is 0 Å². The molecular formula is C10H11FN2O. The van der Waals surface area contributed by atoms with Gasteiger partial charge in [-0.1, -0.05) is 0 Å². The minimum atomic E-state index is -0.352. The fourth-order valence-electron chi connectivity index (χ4n) is 1.18. The first-order valence-electron chi connectivity index (χ1n) is 4.60. The van der Waals surface area contributed by atoms with Gasteiger partial charge in [0.15, 0.2) is 0 Å². The van der Waals surface area contributed by atoms with Gasteiger partial charge < -0.3 is 5.32 Å². The number of nitrogens with zero attached hydrogens (tertiary/aromatic N) is 1. The van der Waals surface area contributed by atoms with Crippen LogP contribution < -0.4 is 5.32 Å². The zero-order chi connectivity index (χ0) is 10.1. The Hall–Kier alpha value is -1.45. The summed E-state index contributed by atoms with van der Waals surface area (Å²) in [6.07, 6.45) is 3.02. The van der Waals surface area contributed by atoms with E-state index in [9.17, 15) is 9.18 Å². The third-order valence-electron chi connectivity index (χ3n) is 2.25. The van der Waals surface area contributed by atoms with Crippen LogP contribution in [-0.4, -0.2) is 10.9 Å². The second-order valence-corrected chi connectivity index (χ2v) is 3.58. The van der Waals surface area contributed by atoms with E-state index < -0.39 is 0 Å². The first kappa shape index (κ1) is 9.12. The largest absolute Gasteiger partial charge is 0.310 e. The molecule has 1 aliphatic rings. The molecule has 1 amide bonds. The lowest BCUT2D eigenvalue weighted by Gasteiger charge is -2.03. The molecule has 0 saturated heterocycles. The molecule has 74 valence electrons. The fraction of sp³-hybridized carbons (Fsp3) is 0.400. The molecule has 4 heteroatoms. The predicted octanol–water partition coefficient (Wildman–Crippen LogP) is 1.88. The molecule has 0 radical (unpaired) electrons. The number of anilines is 1. The highest BCUT2D eigenvalue weighted by molar-refractivity contribution is 5.93. The molecular weight excluding hydrogens is 183 g/mol. The van der Waals surface area contributed by atoms with Gasteiger partial charge in [0.05, 0.1) is 6.20 Å². The molecule has 1 aliphatic carbocycles. The molecule has 0 aromatic carbocycles. The normalized spacial score (nSPS) is 15.3. The van der Waals surface area contributed by atoms with Crippen molar-refractivity contribution in [2.45, 2.75) is 19.8 Å². The van der Waals surface area contributed by atoms with E-state index in [0.717, 1.165) is 19.0 Å². The Morgan fingerprint density at radius 1 is 1.64 bits per heavy atom. The highest BCUT2D eigenvalue weighted by Crippen LogP contribution is 2.29. The van der Waals surface area contributed by atoms with E-state index >= 15 is 0 Å². The summed E-state index contributed by atoms with van der Waals surface area (Å²) in [5.74, 6) is 0.209. The minimum absolute atomic E-state index is 0.0106. The van der Waals surface area contributed by atoms with E-state index in [1.807, 2.05) is 0 Å². The Balaban J connectivity index is 2.08. The molecule has 0 bridgehead atoms. The lowest BCUT2D eigenvalue weighted by molar-refractivity contribution is -0.117. The fourth-order valence-corrected chi connectivity index (χ4v) is 1.18. The van der Waals surface area contributed by atoms with Crippen LogP contribution in [0.5, 0.6) is 0 Å². The van der Waals surface area contributed by atoms with Crippen molar-refractivity contribution >= 4 is 11.7 Å². The van der Waals surface area contributed by atoms with Crippen LogP contribution in [0.1, 0.15) is 18.4 Å². The average Bonchev–Trinajstić information content (AvgIpc) is 2.94. The van der Waals surface area contributed by atoms with Crippen molar-refractivity contribution in [2.75, 3.05) is 5.32 Å². The van der Waals surface area contributed by atoms with E-state index in [0.29, 0.717) is 11.4 Å². The lowest BCUT2D eigenvalue weighted by atomic mass is 10.3. The number of amides is 1. The van der Waals surface area contributed by atoms with Crippen LogP contribution in [0.25, 0.3) is 0 Å². The van der Waals surface area contributed by atoms with Crippen molar-refractivity contribution in [3.05, 3.63) is 23.6 Å². The Bertz CT molecular complexity index is 374. The molecule has 0 atom stereocenters. The summed E-state index contributed by atoms with van der Waals surface area (Å²) in [7, 11) is 0. The van der Waals surface area contributed by atoms with Crippen LogP contribution >= 0.6 is 0 Å². The number of carbonyl (C=O) groups is 1. The third kappa shape index (κ3) is 1.89. The summed E-state index contributed by atoms with van der Waals surface area (Å²) >= 11 is 0. The number of hydrogen-bond acceptors (Lipinski definition) is 2. The van der Waals surface area contributed by atoms with Crippen molar-refractivity contribution in [2.24, 2.45) is 5.92 Å². The molecule has 2 rings (SSSR count). The second-order valence-electron chi connectivity index (χ2n) is 3.58. The number of halogens is 1. The summed E-state index contributed by atoms with van der Waals surface area (Å²) in [5, 5.41) is 2.66. The molecule has 0 spiro atoms. The SMILES string of the molecule is Cc1cc(NC(=O)C2CC2)ncc1F. The number of pyridine rings is 1. The highest BCUT2D eigenvalue weighted by atomic mass is 19.1. The van der Waals surface area contributed by atoms with Gasteiger partial charge in [0.25, 0.3) is 0 Å². The number of nitrogens with one attached hydrogen (secondary N) is 1. The quantitative estimate of drug-likeness (QED) is 0.781. The van der Waals surface area contributed by atoms with E-state index in [1.165, 1.54) is 6.07 Å². The zero-order valence-electron chi connectivity index (χ0n) is 7.88. The first-order chi connectivity index (χ1) is 6.66. The van der Waals surface area contributed by atoms with Crippen molar-refractivity contribution < 1.29 is 9.18 Å². The summed E-state index contributed by atoms with van der Waals surface area (Å²) in [4.78, 5) is 15.1. The van der Waals surface area contributed by atoms with Crippen LogP contribution in [0.3, 0.4) is 0 Å².